The molecule has 0 bridgehead atoms. The summed E-state index contributed by atoms with van der Waals surface area (Å²) in [7, 11) is 0. The number of aromatic hydroxyl groups is 3. The molecule has 1 fully saturated rings. The molecule has 2 aromatic carbocycles. The van der Waals surface area contributed by atoms with Gasteiger partial charge >= 0.3 is 5.97 Å². The molecule has 3 rings (SSSR count). The highest BCUT2D eigenvalue weighted by Gasteiger charge is 2.47. The van der Waals surface area contributed by atoms with Crippen LogP contribution in [0.2, 0.25) is 0 Å². The first kappa shape index (κ1) is 25.2. The van der Waals surface area contributed by atoms with Crippen molar-refractivity contribution in [2.45, 2.75) is 50.5 Å². The predicted molar refractivity (Wildman–Crippen MR) is 114 cm³/mol. The van der Waals surface area contributed by atoms with E-state index in [1.165, 1.54) is 12.1 Å². The summed E-state index contributed by atoms with van der Waals surface area (Å²) in [5.74, 6) is -2.58. The van der Waals surface area contributed by atoms with Crippen molar-refractivity contribution in [2.24, 2.45) is 0 Å². The molecule has 1 heterocycles. The Morgan fingerprint density at radius 1 is 1.00 bits per heavy atom. The van der Waals surface area contributed by atoms with Gasteiger partial charge in [-0.1, -0.05) is 12.1 Å². The summed E-state index contributed by atoms with van der Waals surface area (Å²) in [5, 5.41) is 60.0. The number of aliphatic hydroxyl groups excluding tert-OH is 3. The molecule has 34 heavy (non-hydrogen) atoms. The van der Waals surface area contributed by atoms with Crippen LogP contribution in [-0.4, -0.2) is 79.7 Å². The summed E-state index contributed by atoms with van der Waals surface area (Å²) in [5.41, 5.74) is 0.453. The number of aliphatic hydroxyl groups is 3. The van der Waals surface area contributed by atoms with E-state index < -0.39 is 60.6 Å². The largest absolute Gasteiger partial charge is 0.508 e. The third-order valence-corrected chi connectivity index (χ3v) is 5.30. The van der Waals surface area contributed by atoms with Gasteiger partial charge < -0.3 is 44.8 Å². The van der Waals surface area contributed by atoms with Crippen molar-refractivity contribution in [3.05, 3.63) is 47.5 Å². The third kappa shape index (κ3) is 5.75. The number of phenolic OH excluding ortho intramolecular Hbond substituents is 3. The van der Waals surface area contributed by atoms with E-state index in [-0.39, 0.29) is 23.5 Å². The molecule has 1 aliphatic heterocycles. The van der Waals surface area contributed by atoms with Gasteiger partial charge in [-0.2, -0.15) is 0 Å². The summed E-state index contributed by atoms with van der Waals surface area (Å²) in [6.07, 6.45) is -7.18. The average molecular weight is 478 g/mol. The van der Waals surface area contributed by atoms with Gasteiger partial charge in [-0.15, -0.1) is 0 Å². The number of hydrogen-bond donors (Lipinski definition) is 6. The van der Waals surface area contributed by atoms with Gasteiger partial charge in [-0.05, 0) is 24.1 Å². The molecule has 0 radical (unpaired) electrons. The Kier molecular flexibility index (Phi) is 7.94. The van der Waals surface area contributed by atoms with Crippen molar-refractivity contribution in [3.8, 4) is 23.0 Å². The molecule has 184 valence electrons. The lowest BCUT2D eigenvalue weighted by Gasteiger charge is -2.41. The summed E-state index contributed by atoms with van der Waals surface area (Å²) < 4.78 is 15.7. The number of hydrogen-bond acceptors (Lipinski definition) is 11. The normalized spacial score (nSPS) is 24.4. The van der Waals surface area contributed by atoms with Gasteiger partial charge in [0, 0.05) is 25.5 Å². The maximum absolute atomic E-state index is 12.6. The van der Waals surface area contributed by atoms with Crippen LogP contribution in [0.3, 0.4) is 0 Å². The number of rotatable bonds is 8. The van der Waals surface area contributed by atoms with Crippen LogP contribution in [0, 0.1) is 0 Å². The minimum absolute atomic E-state index is 0.0311. The molecule has 1 saturated heterocycles. The first-order valence-electron chi connectivity index (χ1n) is 10.4. The molecule has 0 saturated carbocycles. The number of ketones is 1. The average Bonchev–Trinajstić information content (AvgIpc) is 2.77. The van der Waals surface area contributed by atoms with Crippen molar-refractivity contribution in [1.29, 1.82) is 0 Å². The Morgan fingerprint density at radius 3 is 2.18 bits per heavy atom. The van der Waals surface area contributed by atoms with E-state index in [0.717, 1.165) is 24.6 Å². The number of esters is 1. The third-order valence-electron chi connectivity index (χ3n) is 5.30. The SMILES string of the molecule is CC(=O)O[C@@H]1[C@@H](O)[C@H](Oc2cc(O)c(C(=O)CCc3ccc(O)cc3)c(O)c2)O[C@H](CO)[C@H]1O. The van der Waals surface area contributed by atoms with Crippen LogP contribution in [0.25, 0.3) is 0 Å². The Bertz CT molecular complexity index is 997. The molecule has 0 aromatic heterocycles. The smallest absolute Gasteiger partial charge is 0.303 e. The number of ether oxygens (including phenoxy) is 3. The number of aryl methyl sites for hydroxylation is 1. The van der Waals surface area contributed by atoms with Crippen molar-refractivity contribution < 1.29 is 54.4 Å². The molecule has 0 spiro atoms. The van der Waals surface area contributed by atoms with Crippen molar-refractivity contribution in [3.63, 3.8) is 0 Å². The molecule has 0 unspecified atom stereocenters. The highest BCUT2D eigenvalue weighted by Crippen LogP contribution is 2.35. The fraction of sp³-hybridized carbons (Fsp3) is 0.391. The molecular formula is C23H26O11. The zero-order valence-corrected chi connectivity index (χ0v) is 18.2. The van der Waals surface area contributed by atoms with Crippen LogP contribution < -0.4 is 4.74 Å². The molecule has 11 nitrogen and oxygen atoms in total. The first-order chi connectivity index (χ1) is 16.1. The lowest BCUT2D eigenvalue weighted by Crippen LogP contribution is -2.61. The molecule has 11 heteroatoms. The molecule has 0 amide bonds. The van der Waals surface area contributed by atoms with Crippen LogP contribution in [0.15, 0.2) is 36.4 Å². The van der Waals surface area contributed by atoms with Crippen LogP contribution in [0.4, 0.5) is 0 Å². The predicted octanol–water partition coefficient (Wildman–Crippen LogP) is 0.368. The van der Waals surface area contributed by atoms with Crippen LogP contribution in [-0.2, 0) is 20.7 Å². The van der Waals surface area contributed by atoms with Gasteiger partial charge in [0.25, 0.3) is 0 Å². The standard InChI is InChI=1S/C23H26O11/c1-11(25)32-22-20(30)18(10-24)34-23(21(22)31)33-14-8-16(28)19(17(29)9-14)15(27)7-4-12-2-5-13(26)6-3-12/h2-3,5-6,8-9,18,20-24,26,28-31H,4,7,10H2,1H3/t18-,20-,21-,22+,23-/m1/s1. The number of phenols is 3. The summed E-state index contributed by atoms with van der Waals surface area (Å²) >= 11 is 0. The molecule has 2 aromatic rings. The molecule has 6 N–H and O–H groups in total. The van der Waals surface area contributed by atoms with E-state index >= 15 is 0 Å². The maximum atomic E-state index is 12.6. The fourth-order valence-electron chi connectivity index (χ4n) is 3.60. The number of carbonyl (C=O) groups excluding carboxylic acids is 2. The minimum atomic E-state index is -1.67. The van der Waals surface area contributed by atoms with E-state index in [0.29, 0.717) is 6.42 Å². The van der Waals surface area contributed by atoms with Crippen LogP contribution in [0.5, 0.6) is 23.0 Å². The van der Waals surface area contributed by atoms with E-state index in [2.05, 4.69) is 0 Å². The van der Waals surface area contributed by atoms with Gasteiger partial charge in [-0.25, -0.2) is 0 Å². The lowest BCUT2D eigenvalue weighted by molar-refractivity contribution is -0.281. The number of benzene rings is 2. The number of carbonyl (C=O) groups is 2. The van der Waals surface area contributed by atoms with E-state index in [1.807, 2.05) is 0 Å². The maximum Gasteiger partial charge on any atom is 0.303 e. The van der Waals surface area contributed by atoms with Crippen molar-refractivity contribution in [1.82, 2.24) is 0 Å². The Morgan fingerprint density at radius 2 is 1.62 bits per heavy atom. The lowest BCUT2D eigenvalue weighted by atomic mass is 9.99. The van der Waals surface area contributed by atoms with E-state index in [4.69, 9.17) is 14.2 Å². The fourth-order valence-corrected chi connectivity index (χ4v) is 3.60. The highest BCUT2D eigenvalue weighted by molar-refractivity contribution is 6.01. The van der Waals surface area contributed by atoms with E-state index in [9.17, 15) is 40.2 Å². The highest BCUT2D eigenvalue weighted by atomic mass is 16.7. The van der Waals surface area contributed by atoms with Gasteiger partial charge in [0.1, 0.15) is 40.8 Å². The van der Waals surface area contributed by atoms with Crippen molar-refractivity contribution in [2.75, 3.05) is 6.61 Å². The second kappa shape index (κ2) is 10.7. The summed E-state index contributed by atoms with van der Waals surface area (Å²) in [6.45, 7) is 0.405. The van der Waals surface area contributed by atoms with Gasteiger partial charge in [0.15, 0.2) is 18.0 Å². The van der Waals surface area contributed by atoms with Gasteiger partial charge in [0.2, 0.25) is 6.29 Å². The Hall–Kier alpha value is -3.38. The zero-order chi connectivity index (χ0) is 25.0. The summed E-state index contributed by atoms with van der Waals surface area (Å²) in [4.78, 5) is 23.9. The molecule has 5 atom stereocenters. The Balaban J connectivity index is 1.73. The van der Waals surface area contributed by atoms with E-state index in [1.54, 1.807) is 12.1 Å². The van der Waals surface area contributed by atoms with Crippen LogP contribution >= 0.6 is 0 Å². The molecule has 1 aliphatic rings. The quantitative estimate of drug-likeness (QED) is 0.228. The Labute approximate surface area is 194 Å². The second-order valence-electron chi connectivity index (χ2n) is 7.82. The molecular weight excluding hydrogens is 452 g/mol. The first-order valence-corrected chi connectivity index (χ1v) is 10.4. The molecule has 0 aliphatic carbocycles. The second-order valence-corrected chi connectivity index (χ2v) is 7.82. The number of Topliss-reactive ketones (excluding diaryl/α,β-unsaturated/α-hetero) is 1. The van der Waals surface area contributed by atoms with Crippen LogP contribution in [0.1, 0.15) is 29.3 Å². The van der Waals surface area contributed by atoms with Gasteiger partial charge in [-0.3, -0.25) is 9.59 Å². The summed E-state index contributed by atoms with van der Waals surface area (Å²) in [6, 6.07) is 8.32. The van der Waals surface area contributed by atoms with Gasteiger partial charge in [0.05, 0.1) is 6.61 Å². The topological polar surface area (TPSA) is 183 Å². The minimum Gasteiger partial charge on any atom is -0.508 e. The monoisotopic (exact) mass is 478 g/mol. The zero-order valence-electron chi connectivity index (χ0n) is 18.2. The van der Waals surface area contributed by atoms with Crippen molar-refractivity contribution >= 4 is 11.8 Å².